The molecule has 0 aliphatic carbocycles. The van der Waals surface area contributed by atoms with E-state index in [4.69, 9.17) is 9.47 Å². The molecule has 0 bridgehead atoms. The lowest BCUT2D eigenvalue weighted by Gasteiger charge is -2.27. The van der Waals surface area contributed by atoms with E-state index in [1.54, 1.807) is 27.2 Å². The Bertz CT molecular complexity index is 443. The molecule has 20 heavy (non-hydrogen) atoms. The van der Waals surface area contributed by atoms with E-state index < -0.39 is 0 Å². The van der Waals surface area contributed by atoms with Crippen LogP contribution in [-0.2, 0) is 11.3 Å². The Morgan fingerprint density at radius 2 is 2.00 bits per heavy atom. The van der Waals surface area contributed by atoms with Gasteiger partial charge < -0.3 is 9.47 Å². The Kier molecular flexibility index (Phi) is 6.68. The third-order valence-corrected chi connectivity index (χ3v) is 3.37. The molecule has 1 rings (SSSR count). The van der Waals surface area contributed by atoms with E-state index >= 15 is 0 Å². The second kappa shape index (κ2) is 8.02. The number of nitrogens with zero attached hydrogens (tertiary/aromatic N) is 1. The molecule has 0 atom stereocenters. The third-order valence-electron chi connectivity index (χ3n) is 3.37. The molecule has 1 aromatic rings. The molecule has 0 unspecified atom stereocenters. The molecular formula is C16H25NO3. The quantitative estimate of drug-likeness (QED) is 0.686. The summed E-state index contributed by atoms with van der Waals surface area (Å²) in [6.07, 6.45) is 0. The van der Waals surface area contributed by atoms with Crippen LogP contribution in [0.25, 0.3) is 0 Å². The summed E-state index contributed by atoms with van der Waals surface area (Å²) in [5.74, 6) is 0.889. The van der Waals surface area contributed by atoms with E-state index in [9.17, 15) is 4.79 Å². The number of benzene rings is 1. The lowest BCUT2D eigenvalue weighted by molar-refractivity contribution is 0.101. The molecule has 0 fully saturated rings. The van der Waals surface area contributed by atoms with Crippen LogP contribution in [0.2, 0.25) is 0 Å². The summed E-state index contributed by atoms with van der Waals surface area (Å²) >= 11 is 0. The number of methoxy groups -OCH3 is 2. The van der Waals surface area contributed by atoms with Gasteiger partial charge in [0, 0.05) is 37.4 Å². The fourth-order valence-electron chi connectivity index (χ4n) is 2.07. The second-order valence-electron chi connectivity index (χ2n) is 5.14. The molecule has 0 aliphatic heterocycles. The van der Waals surface area contributed by atoms with E-state index in [1.165, 1.54) is 0 Å². The predicted octanol–water partition coefficient (Wildman–Crippen LogP) is 2.75. The predicted molar refractivity (Wildman–Crippen MR) is 80.4 cm³/mol. The van der Waals surface area contributed by atoms with Crippen molar-refractivity contribution in [2.45, 2.75) is 33.4 Å². The number of carbonyl (C=O) groups is 1. The van der Waals surface area contributed by atoms with Gasteiger partial charge in [-0.05, 0) is 39.0 Å². The summed E-state index contributed by atoms with van der Waals surface area (Å²) in [5.41, 5.74) is 1.75. The van der Waals surface area contributed by atoms with Crippen LogP contribution in [0.4, 0.5) is 0 Å². The second-order valence-corrected chi connectivity index (χ2v) is 5.14. The van der Waals surface area contributed by atoms with Crippen molar-refractivity contribution < 1.29 is 14.3 Å². The van der Waals surface area contributed by atoms with Crippen molar-refractivity contribution in [3.8, 4) is 5.75 Å². The maximum Gasteiger partial charge on any atom is 0.159 e. The molecule has 0 spiro atoms. The number of ether oxygens (including phenoxy) is 2. The van der Waals surface area contributed by atoms with Crippen molar-refractivity contribution in [3.63, 3.8) is 0 Å². The molecule has 112 valence electrons. The maximum absolute atomic E-state index is 11.5. The summed E-state index contributed by atoms with van der Waals surface area (Å²) < 4.78 is 10.5. The van der Waals surface area contributed by atoms with Crippen LogP contribution in [0.3, 0.4) is 0 Å². The maximum atomic E-state index is 11.5. The molecule has 0 radical (unpaired) electrons. The van der Waals surface area contributed by atoms with Crippen LogP contribution in [0.5, 0.6) is 5.75 Å². The molecule has 0 aromatic heterocycles. The van der Waals surface area contributed by atoms with Crippen molar-refractivity contribution >= 4 is 5.78 Å². The molecule has 0 amide bonds. The lowest BCUT2D eigenvalue weighted by Crippen LogP contribution is -2.33. The van der Waals surface area contributed by atoms with Crippen LogP contribution in [0.15, 0.2) is 18.2 Å². The Morgan fingerprint density at radius 3 is 2.50 bits per heavy atom. The molecule has 0 heterocycles. The van der Waals surface area contributed by atoms with Crippen molar-refractivity contribution in [3.05, 3.63) is 29.3 Å². The van der Waals surface area contributed by atoms with Gasteiger partial charge >= 0.3 is 0 Å². The van der Waals surface area contributed by atoms with E-state index in [0.29, 0.717) is 12.6 Å². The van der Waals surface area contributed by atoms with E-state index in [0.717, 1.165) is 30.0 Å². The van der Waals surface area contributed by atoms with Crippen LogP contribution >= 0.6 is 0 Å². The van der Waals surface area contributed by atoms with Crippen LogP contribution in [-0.4, -0.2) is 44.1 Å². The molecular weight excluding hydrogens is 254 g/mol. The van der Waals surface area contributed by atoms with Gasteiger partial charge in [-0.25, -0.2) is 0 Å². The highest BCUT2D eigenvalue weighted by atomic mass is 16.5. The number of hydrogen-bond acceptors (Lipinski definition) is 4. The van der Waals surface area contributed by atoms with Crippen molar-refractivity contribution in [1.82, 2.24) is 4.90 Å². The molecule has 0 aliphatic rings. The highest BCUT2D eigenvalue weighted by Gasteiger charge is 2.14. The molecule has 4 heteroatoms. The Morgan fingerprint density at radius 1 is 1.30 bits per heavy atom. The Labute approximate surface area is 121 Å². The van der Waals surface area contributed by atoms with E-state index in [2.05, 4.69) is 18.7 Å². The van der Waals surface area contributed by atoms with Crippen molar-refractivity contribution in [1.29, 1.82) is 0 Å². The monoisotopic (exact) mass is 279 g/mol. The van der Waals surface area contributed by atoms with Gasteiger partial charge in [0.15, 0.2) is 5.78 Å². The Hall–Kier alpha value is -1.39. The van der Waals surface area contributed by atoms with Crippen molar-refractivity contribution in [2.75, 3.05) is 27.4 Å². The van der Waals surface area contributed by atoms with Gasteiger partial charge in [0.2, 0.25) is 0 Å². The van der Waals surface area contributed by atoms with Gasteiger partial charge in [0.25, 0.3) is 0 Å². The minimum absolute atomic E-state index is 0.0712. The number of ketones is 1. The standard InChI is InChI=1S/C16H25NO3/c1-12(2)17(8-9-19-4)11-15-10-14(13(3)18)6-7-16(15)20-5/h6-7,10,12H,8-9,11H2,1-5H3. The van der Waals surface area contributed by atoms with Gasteiger partial charge in [-0.1, -0.05) is 0 Å². The normalized spacial score (nSPS) is 11.2. The summed E-state index contributed by atoms with van der Waals surface area (Å²) in [7, 11) is 3.36. The highest BCUT2D eigenvalue weighted by molar-refractivity contribution is 5.94. The molecule has 0 N–H and O–H groups in total. The molecule has 0 saturated heterocycles. The van der Waals surface area contributed by atoms with Gasteiger partial charge in [-0.15, -0.1) is 0 Å². The van der Waals surface area contributed by atoms with Crippen LogP contribution in [0.1, 0.15) is 36.7 Å². The number of hydrogen-bond donors (Lipinski definition) is 0. The van der Waals surface area contributed by atoms with E-state index in [1.807, 2.05) is 12.1 Å². The first kappa shape index (κ1) is 16.7. The minimum Gasteiger partial charge on any atom is -0.496 e. The Balaban J connectivity index is 2.96. The smallest absolute Gasteiger partial charge is 0.159 e. The van der Waals surface area contributed by atoms with E-state index in [-0.39, 0.29) is 5.78 Å². The number of carbonyl (C=O) groups excluding carboxylic acids is 1. The summed E-state index contributed by atoms with van der Waals surface area (Å²) in [4.78, 5) is 13.8. The molecule has 1 aromatic carbocycles. The number of rotatable bonds is 8. The van der Waals surface area contributed by atoms with Gasteiger partial charge in [0.05, 0.1) is 13.7 Å². The largest absolute Gasteiger partial charge is 0.496 e. The fraction of sp³-hybridized carbons (Fsp3) is 0.562. The summed E-state index contributed by atoms with van der Waals surface area (Å²) in [6.45, 7) is 8.16. The van der Waals surface area contributed by atoms with Crippen LogP contribution in [0, 0.1) is 0 Å². The first-order valence-electron chi connectivity index (χ1n) is 6.90. The third kappa shape index (κ3) is 4.62. The molecule has 0 saturated carbocycles. The van der Waals surface area contributed by atoms with Crippen molar-refractivity contribution in [2.24, 2.45) is 0 Å². The molecule has 4 nitrogen and oxygen atoms in total. The van der Waals surface area contributed by atoms with Gasteiger partial charge in [-0.3, -0.25) is 9.69 Å². The first-order valence-corrected chi connectivity index (χ1v) is 6.90. The fourth-order valence-corrected chi connectivity index (χ4v) is 2.07. The van der Waals surface area contributed by atoms with Gasteiger partial charge in [0.1, 0.15) is 5.75 Å². The number of Topliss-reactive ketones (excluding diaryl/α,β-unsaturated/α-hetero) is 1. The summed E-state index contributed by atoms with van der Waals surface area (Å²) in [6, 6.07) is 5.99. The minimum atomic E-state index is 0.0712. The lowest BCUT2D eigenvalue weighted by atomic mass is 10.1. The highest BCUT2D eigenvalue weighted by Crippen LogP contribution is 2.22. The summed E-state index contributed by atoms with van der Waals surface area (Å²) in [5, 5.41) is 0. The average Bonchev–Trinajstić information content (AvgIpc) is 2.42. The first-order chi connectivity index (χ1) is 9.49. The van der Waals surface area contributed by atoms with Crippen LogP contribution < -0.4 is 4.74 Å². The van der Waals surface area contributed by atoms with Gasteiger partial charge in [-0.2, -0.15) is 0 Å². The zero-order valence-corrected chi connectivity index (χ0v) is 13.1. The SMILES string of the molecule is COCCN(Cc1cc(C(C)=O)ccc1OC)C(C)C. The topological polar surface area (TPSA) is 38.8 Å². The average molecular weight is 279 g/mol. The zero-order chi connectivity index (χ0) is 15.1. The zero-order valence-electron chi connectivity index (χ0n) is 13.1.